The van der Waals surface area contributed by atoms with E-state index >= 15 is 0 Å². The Morgan fingerprint density at radius 1 is 0.966 bits per heavy atom. The molecule has 2 aliphatic heterocycles. The van der Waals surface area contributed by atoms with Gasteiger partial charge >= 0.3 is 5.97 Å². The molecule has 14 nitrogen and oxygen atoms in total. The summed E-state index contributed by atoms with van der Waals surface area (Å²) in [6, 6.07) is 5.91. The largest absolute Gasteiger partial charge is 0.462 e. The zero-order chi connectivity index (χ0) is 42.1. The highest BCUT2D eigenvalue weighted by molar-refractivity contribution is 7.91. The fraction of sp³-hybridized carbons (Fsp3) is 0.636. The number of hydrogen-bond acceptors (Lipinski definition) is 10. The molecular formula is C44H59N5O9S. The van der Waals surface area contributed by atoms with E-state index in [9.17, 15) is 32.4 Å². The maximum atomic E-state index is 14.9. The van der Waals surface area contributed by atoms with Crippen LogP contribution in [0.15, 0.2) is 53.9 Å². The quantitative estimate of drug-likeness (QED) is 0.282. The number of nitrogens with one attached hydrogen (secondary N) is 2. The molecule has 320 valence electrons. The molecule has 3 heterocycles. The number of carbonyl (C=O) groups is 4. The SMILES string of the molecule is C=C[C@@H]1C[C@]1(NC(=O)[C@@H]1C[C@@H]2CN1C(=O)[C@H](C1CCCC1)CC(=O)O[C@@H]1CCC[C@H]1CCC=CCn1c(nc3ccccc3c1=O)O2)C(=O)NS(=O)(=O)C1(C)CC1.CC. The van der Waals surface area contributed by atoms with E-state index in [-0.39, 0.29) is 67.8 Å². The van der Waals surface area contributed by atoms with Gasteiger partial charge in [0.15, 0.2) is 0 Å². The summed E-state index contributed by atoms with van der Waals surface area (Å²) in [5, 5.41) is 3.28. The lowest BCUT2D eigenvalue weighted by Gasteiger charge is -2.32. The molecular weight excluding hydrogens is 775 g/mol. The van der Waals surface area contributed by atoms with Crippen molar-refractivity contribution in [3.63, 3.8) is 0 Å². The summed E-state index contributed by atoms with van der Waals surface area (Å²) in [5.74, 6) is -3.46. The minimum Gasteiger partial charge on any atom is -0.462 e. The molecule has 8 rings (SSSR count). The van der Waals surface area contributed by atoms with Gasteiger partial charge in [0.1, 0.15) is 23.8 Å². The van der Waals surface area contributed by atoms with Crippen molar-refractivity contribution < 1.29 is 37.1 Å². The monoisotopic (exact) mass is 833 g/mol. The van der Waals surface area contributed by atoms with E-state index in [2.05, 4.69) is 16.6 Å². The number of esters is 1. The summed E-state index contributed by atoms with van der Waals surface area (Å²) < 4.78 is 41.5. The van der Waals surface area contributed by atoms with Gasteiger partial charge in [-0.2, -0.15) is 4.98 Å². The first-order valence-electron chi connectivity index (χ1n) is 21.6. The van der Waals surface area contributed by atoms with Gasteiger partial charge in [-0.25, -0.2) is 8.42 Å². The van der Waals surface area contributed by atoms with Crippen LogP contribution in [0.4, 0.5) is 0 Å². The molecule has 7 atom stereocenters. The van der Waals surface area contributed by atoms with Gasteiger partial charge in [-0.15, -0.1) is 6.58 Å². The van der Waals surface area contributed by atoms with Crippen molar-refractivity contribution in [2.45, 2.75) is 146 Å². The van der Waals surface area contributed by atoms with Gasteiger partial charge in [0.05, 0.1) is 34.5 Å². The molecule has 6 aliphatic rings. The topological polar surface area (TPSA) is 183 Å². The number of sulfonamides is 1. The summed E-state index contributed by atoms with van der Waals surface area (Å²) in [6.07, 6.45) is 12.8. The highest BCUT2D eigenvalue weighted by Gasteiger charge is 2.63. The molecule has 5 fully saturated rings. The number of carbonyl (C=O) groups excluding carboxylic acids is 4. The van der Waals surface area contributed by atoms with E-state index in [1.807, 2.05) is 26.0 Å². The van der Waals surface area contributed by atoms with Crippen molar-refractivity contribution in [3.8, 4) is 6.01 Å². The summed E-state index contributed by atoms with van der Waals surface area (Å²) in [7, 11) is -4.01. The average molecular weight is 834 g/mol. The number of ether oxygens (including phenoxy) is 2. The second kappa shape index (κ2) is 17.2. The van der Waals surface area contributed by atoms with E-state index in [0.717, 1.165) is 57.8 Å². The number of allylic oxidation sites excluding steroid dienone is 2. The van der Waals surface area contributed by atoms with Gasteiger partial charge in [-0.1, -0.05) is 57.0 Å². The van der Waals surface area contributed by atoms with Crippen molar-refractivity contribution in [1.82, 2.24) is 24.5 Å². The maximum Gasteiger partial charge on any atom is 0.306 e. The van der Waals surface area contributed by atoms with E-state index in [1.54, 1.807) is 31.2 Å². The Kier molecular flexibility index (Phi) is 12.4. The van der Waals surface area contributed by atoms with Crippen LogP contribution in [-0.2, 0) is 40.5 Å². The van der Waals surface area contributed by atoms with Crippen molar-refractivity contribution >= 4 is 44.6 Å². The highest BCUT2D eigenvalue weighted by atomic mass is 32.2. The summed E-state index contributed by atoms with van der Waals surface area (Å²) in [6.45, 7) is 9.52. The number of hydrogen-bond donors (Lipinski definition) is 2. The van der Waals surface area contributed by atoms with Crippen LogP contribution < -0.4 is 20.3 Å². The van der Waals surface area contributed by atoms with Crippen LogP contribution in [0.1, 0.15) is 111 Å². The minimum atomic E-state index is -4.01. The Hall–Kier alpha value is -4.53. The fourth-order valence-corrected chi connectivity index (χ4v) is 10.9. The Balaban J connectivity index is 0.00000260. The zero-order valence-electron chi connectivity index (χ0n) is 34.5. The van der Waals surface area contributed by atoms with Gasteiger partial charge in [0.2, 0.25) is 21.8 Å². The first-order chi connectivity index (χ1) is 28.3. The van der Waals surface area contributed by atoms with E-state index in [0.29, 0.717) is 23.7 Å². The Bertz CT molecular complexity index is 2160. The third kappa shape index (κ3) is 8.58. The lowest BCUT2D eigenvalue weighted by Crippen LogP contribution is -2.57. The molecule has 59 heavy (non-hydrogen) atoms. The molecule has 1 aromatic carbocycles. The van der Waals surface area contributed by atoms with Crippen LogP contribution in [-0.4, -0.2) is 81.6 Å². The van der Waals surface area contributed by atoms with Crippen molar-refractivity contribution in [3.05, 3.63) is 59.4 Å². The van der Waals surface area contributed by atoms with Crippen LogP contribution in [0.25, 0.3) is 10.9 Å². The predicted octanol–water partition coefficient (Wildman–Crippen LogP) is 5.09. The molecule has 2 N–H and O–H groups in total. The van der Waals surface area contributed by atoms with Gasteiger partial charge in [0.25, 0.3) is 17.5 Å². The van der Waals surface area contributed by atoms with Crippen LogP contribution in [0.3, 0.4) is 0 Å². The predicted molar refractivity (Wildman–Crippen MR) is 221 cm³/mol. The van der Waals surface area contributed by atoms with Gasteiger partial charge in [0, 0.05) is 18.9 Å². The Morgan fingerprint density at radius 2 is 1.69 bits per heavy atom. The number of para-hydroxylation sites is 1. The average Bonchev–Trinajstić information content (AvgIpc) is 3.84. The standard InChI is InChI=1S/C42H53N5O9S.C2H6/c1-3-28-24-42(28,39(52)45-57(53,54)41(2)19-20-41)44-36(49)33-22-29-25-47(33)38(51)31(26-12-6-7-13-26)23-35(48)56-34-18-11-15-27(34)14-5-4-10-21-46-37(50)30-16-8-9-17-32(30)43-40(46)55-29;1-2/h3-4,8-10,16-17,26-29,31,33-34H,1,5-7,11-15,18-25H2,2H3,(H,44,49)(H,45,52);1-2H3/t27-,28-,29-,31+,33+,34-,42-;/m1./s1. The highest BCUT2D eigenvalue weighted by Crippen LogP contribution is 2.47. The third-order valence-corrected chi connectivity index (χ3v) is 15.7. The molecule has 2 aromatic rings. The molecule has 15 heteroatoms. The van der Waals surface area contributed by atoms with Gasteiger partial charge in [-0.3, -0.25) is 33.3 Å². The molecule has 4 aliphatic carbocycles. The van der Waals surface area contributed by atoms with Crippen LogP contribution >= 0.6 is 0 Å². The molecule has 0 radical (unpaired) electrons. The fourth-order valence-electron chi connectivity index (χ4n) is 9.56. The number of aromatic nitrogens is 2. The molecule has 0 spiro atoms. The van der Waals surface area contributed by atoms with Crippen molar-refractivity contribution in [1.29, 1.82) is 0 Å². The lowest BCUT2D eigenvalue weighted by molar-refractivity contribution is -0.156. The summed E-state index contributed by atoms with van der Waals surface area (Å²) in [4.78, 5) is 77.0. The second-order valence-electron chi connectivity index (χ2n) is 17.3. The number of amides is 3. The van der Waals surface area contributed by atoms with Crippen LogP contribution in [0.5, 0.6) is 6.01 Å². The van der Waals surface area contributed by atoms with Gasteiger partial charge < -0.3 is 19.7 Å². The lowest BCUT2D eigenvalue weighted by atomic mass is 9.86. The van der Waals surface area contributed by atoms with E-state index < -0.39 is 62.1 Å². The maximum absolute atomic E-state index is 14.9. The number of nitrogens with zero attached hydrogens (tertiary/aromatic N) is 3. The van der Waals surface area contributed by atoms with Crippen molar-refractivity contribution in [2.24, 2.45) is 23.7 Å². The summed E-state index contributed by atoms with van der Waals surface area (Å²) in [5.41, 5.74) is -1.42. The first-order valence-corrected chi connectivity index (χ1v) is 23.1. The number of fused-ring (bicyclic) bond motifs is 5. The third-order valence-electron chi connectivity index (χ3n) is 13.5. The zero-order valence-corrected chi connectivity index (χ0v) is 35.3. The van der Waals surface area contributed by atoms with Gasteiger partial charge in [-0.05, 0) is 95.1 Å². The molecule has 1 aromatic heterocycles. The van der Waals surface area contributed by atoms with Crippen LogP contribution in [0.2, 0.25) is 0 Å². The second-order valence-corrected chi connectivity index (χ2v) is 19.5. The van der Waals surface area contributed by atoms with E-state index in [4.69, 9.17) is 14.5 Å². The first kappa shape index (κ1) is 42.6. The summed E-state index contributed by atoms with van der Waals surface area (Å²) >= 11 is 0. The minimum absolute atomic E-state index is 0.00543. The molecule has 1 saturated heterocycles. The molecule has 2 bridgehead atoms. The molecule has 3 amide bonds. The van der Waals surface area contributed by atoms with Crippen LogP contribution in [0, 0.1) is 23.7 Å². The smallest absolute Gasteiger partial charge is 0.306 e. The normalized spacial score (nSPS) is 30.7. The van der Waals surface area contributed by atoms with E-state index in [1.165, 1.54) is 15.5 Å². The number of rotatable bonds is 7. The van der Waals surface area contributed by atoms with Crippen molar-refractivity contribution in [2.75, 3.05) is 6.54 Å². The molecule has 4 saturated carbocycles. The Labute approximate surface area is 346 Å². The number of benzene rings is 1. The Morgan fingerprint density at radius 3 is 2.41 bits per heavy atom. The molecule has 0 unspecified atom stereocenters.